The van der Waals surface area contributed by atoms with Gasteiger partial charge in [0.1, 0.15) is 17.1 Å². The van der Waals surface area contributed by atoms with Gasteiger partial charge in [-0.1, -0.05) is 30.3 Å². The van der Waals surface area contributed by atoms with E-state index in [-0.39, 0.29) is 29.5 Å². The van der Waals surface area contributed by atoms with Gasteiger partial charge in [-0.25, -0.2) is 9.97 Å². The van der Waals surface area contributed by atoms with Gasteiger partial charge in [-0.05, 0) is 31.2 Å². The van der Waals surface area contributed by atoms with E-state index in [1.165, 1.54) is 0 Å². The van der Waals surface area contributed by atoms with Gasteiger partial charge in [-0.15, -0.1) is 12.4 Å². The fourth-order valence-corrected chi connectivity index (χ4v) is 2.71. The van der Waals surface area contributed by atoms with Crippen LogP contribution in [0.3, 0.4) is 0 Å². The number of aryl methyl sites for hydroxylation is 1. The highest BCUT2D eigenvalue weighted by molar-refractivity contribution is 5.85. The molecular weight excluding hydrogens is 354 g/mol. The third kappa shape index (κ3) is 3.20. The number of rotatable bonds is 2. The van der Waals surface area contributed by atoms with E-state index in [0.29, 0.717) is 17.0 Å². The molecule has 0 aliphatic heterocycles. The summed E-state index contributed by atoms with van der Waals surface area (Å²) < 4.78 is 1.65. The number of benzene rings is 2. The van der Waals surface area contributed by atoms with Crippen LogP contribution >= 0.6 is 12.4 Å². The molecule has 6 nitrogen and oxygen atoms in total. The number of phenolic OH excluding ortho intramolecular Hbond substituents is 1. The Labute approximate surface area is 156 Å². The molecule has 4 N–H and O–H groups in total. The summed E-state index contributed by atoms with van der Waals surface area (Å²) >= 11 is 0. The lowest BCUT2D eigenvalue weighted by atomic mass is 10.1. The Kier molecular flexibility index (Phi) is 5.50. The van der Waals surface area contributed by atoms with E-state index in [4.69, 9.17) is 4.98 Å². The summed E-state index contributed by atoms with van der Waals surface area (Å²) in [5, 5.41) is 19.8. The molecule has 134 valence electrons. The summed E-state index contributed by atoms with van der Waals surface area (Å²) in [5.74, 6) is 0.293. The average molecular weight is 372 g/mol. The molecule has 0 spiro atoms. The number of fused-ring (bicyclic) bond motifs is 1. The molecule has 0 fully saturated rings. The first-order valence-electron chi connectivity index (χ1n) is 7.57. The Morgan fingerprint density at radius 1 is 0.846 bits per heavy atom. The molecule has 2 heterocycles. The van der Waals surface area contributed by atoms with E-state index in [9.17, 15) is 10.2 Å². The lowest BCUT2D eigenvalue weighted by Crippen LogP contribution is -1.96. The maximum Gasteiger partial charge on any atom is 0.219 e. The van der Waals surface area contributed by atoms with E-state index < -0.39 is 0 Å². The highest BCUT2D eigenvalue weighted by Gasteiger charge is 2.16. The van der Waals surface area contributed by atoms with Gasteiger partial charge < -0.3 is 15.7 Å². The van der Waals surface area contributed by atoms with E-state index in [2.05, 4.69) is 4.98 Å². The maximum atomic E-state index is 10.3. The zero-order chi connectivity index (χ0) is 16.7. The van der Waals surface area contributed by atoms with Crippen molar-refractivity contribution in [1.29, 1.82) is 0 Å². The van der Waals surface area contributed by atoms with Gasteiger partial charge in [0.05, 0.1) is 5.69 Å². The summed E-state index contributed by atoms with van der Waals surface area (Å²) in [7, 11) is 0. The number of hydrogen-bond donors (Lipinski definition) is 2. The molecule has 2 aromatic heterocycles. The fourth-order valence-electron chi connectivity index (χ4n) is 2.71. The quantitative estimate of drug-likeness (QED) is 0.563. The van der Waals surface area contributed by atoms with Crippen LogP contribution in [0, 0.1) is 6.92 Å². The first-order chi connectivity index (χ1) is 11.6. The summed E-state index contributed by atoms with van der Waals surface area (Å²) in [4.78, 5) is 9.18. The molecule has 4 aromatic rings. The van der Waals surface area contributed by atoms with Crippen molar-refractivity contribution < 1.29 is 15.7 Å². The molecule has 0 unspecified atom stereocenters. The first-order valence-corrected chi connectivity index (χ1v) is 7.57. The monoisotopic (exact) mass is 371 g/mol. The third-order valence-corrected chi connectivity index (χ3v) is 3.96. The van der Waals surface area contributed by atoms with Crippen LogP contribution < -0.4 is 0 Å². The molecule has 0 aliphatic rings. The number of phenols is 1. The average Bonchev–Trinajstić information content (AvgIpc) is 2.90. The third-order valence-electron chi connectivity index (χ3n) is 3.96. The highest BCUT2D eigenvalue weighted by Crippen LogP contribution is 2.31. The Morgan fingerprint density at radius 2 is 1.50 bits per heavy atom. The zero-order valence-electron chi connectivity index (χ0n) is 13.9. The summed E-state index contributed by atoms with van der Waals surface area (Å²) in [6.45, 7) is 1.76. The highest BCUT2D eigenvalue weighted by atomic mass is 35.5. The predicted octanol–water partition coefficient (Wildman–Crippen LogP) is 3.38. The van der Waals surface area contributed by atoms with Crippen LogP contribution in [0.2, 0.25) is 0 Å². The molecule has 0 bridgehead atoms. The van der Waals surface area contributed by atoms with E-state index in [1.54, 1.807) is 41.8 Å². The van der Waals surface area contributed by atoms with Crippen LogP contribution in [0.1, 0.15) is 5.69 Å². The number of imidazole rings is 1. The van der Waals surface area contributed by atoms with Crippen molar-refractivity contribution in [2.24, 2.45) is 0 Å². The number of halogens is 1. The molecule has 2 aromatic carbocycles. The first kappa shape index (κ1) is 19.2. The standard InChI is InChI=1S/C19H15N3O2.ClH.H2O/c1-12-19(24)22-11-16(13-5-3-2-4-6-13)21-17(18(22)20-12)14-7-9-15(23)10-8-14;;/h2-11,23-24H,1H3;1H;1H2. The van der Waals surface area contributed by atoms with E-state index in [1.807, 2.05) is 30.3 Å². The maximum absolute atomic E-state index is 10.3. The number of aromatic hydroxyl groups is 2. The van der Waals surface area contributed by atoms with Crippen LogP contribution in [-0.2, 0) is 0 Å². The Balaban J connectivity index is 0.00000121. The second-order valence-electron chi connectivity index (χ2n) is 5.60. The molecule has 0 aliphatic carbocycles. The van der Waals surface area contributed by atoms with Crippen LogP contribution in [0.5, 0.6) is 11.6 Å². The SMILES string of the molecule is Cc1nc2c(-c3ccc(O)cc3)nc(-c3ccccc3)cn2c1O.Cl.O. The van der Waals surface area contributed by atoms with Crippen LogP contribution in [-0.4, -0.2) is 30.1 Å². The van der Waals surface area contributed by atoms with Crippen LogP contribution in [0.25, 0.3) is 28.2 Å². The minimum atomic E-state index is 0. The molecule has 0 saturated carbocycles. The van der Waals surface area contributed by atoms with Gasteiger partial charge in [-0.3, -0.25) is 4.40 Å². The molecule has 0 radical (unpaired) electrons. The van der Waals surface area contributed by atoms with E-state index >= 15 is 0 Å². The molecular formula is C19H18ClN3O3. The summed E-state index contributed by atoms with van der Waals surface area (Å²) in [5.41, 5.74) is 4.28. The van der Waals surface area contributed by atoms with Crippen molar-refractivity contribution >= 4 is 18.1 Å². The largest absolute Gasteiger partial charge is 0.508 e. The second kappa shape index (κ2) is 7.43. The van der Waals surface area contributed by atoms with Crippen molar-refractivity contribution in [3.05, 3.63) is 66.5 Å². The normalized spacial score (nSPS) is 10.2. The van der Waals surface area contributed by atoms with Crippen molar-refractivity contribution in [2.45, 2.75) is 6.92 Å². The second-order valence-corrected chi connectivity index (χ2v) is 5.60. The van der Waals surface area contributed by atoms with Gasteiger partial charge in [0, 0.05) is 17.3 Å². The number of nitrogens with zero attached hydrogens (tertiary/aromatic N) is 3. The Bertz CT molecular complexity index is 1030. The number of aromatic nitrogens is 3. The van der Waals surface area contributed by atoms with Gasteiger partial charge in [0.15, 0.2) is 5.65 Å². The van der Waals surface area contributed by atoms with Gasteiger partial charge >= 0.3 is 0 Å². The van der Waals surface area contributed by atoms with Crippen LogP contribution in [0.4, 0.5) is 0 Å². The van der Waals surface area contributed by atoms with Gasteiger partial charge in [-0.2, -0.15) is 0 Å². The van der Waals surface area contributed by atoms with Gasteiger partial charge in [0.2, 0.25) is 5.88 Å². The van der Waals surface area contributed by atoms with Gasteiger partial charge in [0.25, 0.3) is 0 Å². The molecule has 7 heteroatoms. The van der Waals surface area contributed by atoms with Crippen molar-refractivity contribution in [3.63, 3.8) is 0 Å². The summed E-state index contributed by atoms with van der Waals surface area (Å²) in [6, 6.07) is 16.6. The van der Waals surface area contributed by atoms with Crippen LogP contribution in [0.15, 0.2) is 60.8 Å². The minimum absolute atomic E-state index is 0. The Morgan fingerprint density at radius 3 is 2.15 bits per heavy atom. The molecule has 4 rings (SSSR count). The molecule has 0 saturated heterocycles. The lowest BCUT2D eigenvalue weighted by molar-refractivity contribution is 0.444. The van der Waals surface area contributed by atoms with Crippen molar-refractivity contribution in [3.8, 4) is 34.1 Å². The fraction of sp³-hybridized carbons (Fsp3) is 0.0526. The topological polar surface area (TPSA) is 102 Å². The van der Waals surface area contributed by atoms with E-state index in [0.717, 1.165) is 16.8 Å². The smallest absolute Gasteiger partial charge is 0.219 e. The molecule has 0 amide bonds. The minimum Gasteiger partial charge on any atom is -0.508 e. The zero-order valence-corrected chi connectivity index (χ0v) is 14.7. The van der Waals surface area contributed by atoms with Crippen molar-refractivity contribution in [2.75, 3.05) is 0 Å². The number of hydrogen-bond acceptors (Lipinski definition) is 4. The van der Waals surface area contributed by atoms with Crippen molar-refractivity contribution in [1.82, 2.24) is 14.4 Å². The summed E-state index contributed by atoms with van der Waals surface area (Å²) in [6.07, 6.45) is 1.78. The lowest BCUT2D eigenvalue weighted by Gasteiger charge is -2.08. The molecule has 0 atom stereocenters. The molecule has 26 heavy (non-hydrogen) atoms. The Hall–Kier alpha value is -3.09. The predicted molar refractivity (Wildman–Crippen MR) is 103 cm³/mol.